The van der Waals surface area contributed by atoms with E-state index in [9.17, 15) is 4.21 Å². The van der Waals surface area contributed by atoms with Gasteiger partial charge in [0.05, 0.1) is 0 Å². The Labute approximate surface area is 85.6 Å². The summed E-state index contributed by atoms with van der Waals surface area (Å²) < 4.78 is 16.7. The zero-order chi connectivity index (χ0) is 10.1. The van der Waals surface area contributed by atoms with Crippen LogP contribution in [0.4, 0.5) is 0 Å². The molecular formula is C9H14N2O2S. The highest BCUT2D eigenvalue weighted by molar-refractivity contribution is 7.84. The molecule has 1 aliphatic carbocycles. The molecule has 0 bridgehead atoms. The van der Waals surface area contributed by atoms with E-state index in [1.807, 2.05) is 6.92 Å². The molecule has 2 unspecified atom stereocenters. The van der Waals surface area contributed by atoms with Crippen molar-refractivity contribution >= 4 is 10.8 Å². The molecule has 1 fully saturated rings. The van der Waals surface area contributed by atoms with Crippen LogP contribution in [0.1, 0.15) is 49.1 Å². The van der Waals surface area contributed by atoms with E-state index >= 15 is 0 Å². The van der Waals surface area contributed by atoms with Crippen molar-refractivity contribution in [3.05, 3.63) is 11.8 Å². The lowest BCUT2D eigenvalue weighted by Crippen LogP contribution is -2.08. The maximum atomic E-state index is 11.2. The largest absolute Gasteiger partial charge is 0.424 e. The molecule has 14 heavy (non-hydrogen) atoms. The van der Waals surface area contributed by atoms with E-state index in [-0.39, 0.29) is 5.25 Å². The van der Waals surface area contributed by atoms with E-state index in [1.165, 1.54) is 6.42 Å². The van der Waals surface area contributed by atoms with Crippen molar-refractivity contribution in [1.29, 1.82) is 0 Å². The van der Waals surface area contributed by atoms with Gasteiger partial charge in [-0.3, -0.25) is 4.21 Å². The fraction of sp³-hybridized carbons (Fsp3) is 0.778. The van der Waals surface area contributed by atoms with Crippen LogP contribution in [0, 0.1) is 0 Å². The van der Waals surface area contributed by atoms with Gasteiger partial charge in [-0.05, 0) is 19.8 Å². The summed E-state index contributed by atoms with van der Waals surface area (Å²) in [5.41, 5.74) is 0. The minimum Gasteiger partial charge on any atom is -0.424 e. The van der Waals surface area contributed by atoms with Crippen LogP contribution in [-0.4, -0.2) is 20.7 Å². The second kappa shape index (κ2) is 3.81. The molecule has 0 aliphatic heterocycles. The standard InChI is InChI=1S/C9H14N2O2S/c1-6(14(2)12)8-10-11-9(13-8)7-4-3-5-7/h6-7H,3-5H2,1-2H3. The van der Waals surface area contributed by atoms with Gasteiger partial charge < -0.3 is 4.42 Å². The highest BCUT2D eigenvalue weighted by Crippen LogP contribution is 2.36. The maximum absolute atomic E-state index is 11.2. The lowest BCUT2D eigenvalue weighted by Gasteiger charge is -2.20. The number of hydrogen-bond donors (Lipinski definition) is 0. The number of hydrogen-bond acceptors (Lipinski definition) is 4. The SMILES string of the molecule is CC(c1nnc(C2CCC2)o1)S(C)=O. The molecule has 0 amide bonds. The third-order valence-corrected chi connectivity index (χ3v) is 3.95. The van der Waals surface area contributed by atoms with E-state index in [2.05, 4.69) is 10.2 Å². The van der Waals surface area contributed by atoms with Crippen LogP contribution in [-0.2, 0) is 10.8 Å². The van der Waals surface area contributed by atoms with E-state index < -0.39 is 10.8 Å². The smallest absolute Gasteiger partial charge is 0.231 e. The summed E-state index contributed by atoms with van der Waals surface area (Å²) in [5.74, 6) is 1.69. The molecule has 2 rings (SSSR count). The summed E-state index contributed by atoms with van der Waals surface area (Å²) in [4.78, 5) is 0. The Balaban J connectivity index is 2.12. The van der Waals surface area contributed by atoms with Gasteiger partial charge in [-0.15, -0.1) is 10.2 Å². The highest BCUT2D eigenvalue weighted by Gasteiger charge is 2.26. The predicted molar refractivity (Wildman–Crippen MR) is 53.4 cm³/mol. The molecule has 78 valence electrons. The molecule has 1 aliphatic rings. The topological polar surface area (TPSA) is 56.0 Å². The molecular weight excluding hydrogens is 200 g/mol. The monoisotopic (exact) mass is 214 g/mol. The third-order valence-electron chi connectivity index (χ3n) is 2.76. The van der Waals surface area contributed by atoms with Crippen LogP contribution < -0.4 is 0 Å². The van der Waals surface area contributed by atoms with Gasteiger partial charge in [0.2, 0.25) is 11.8 Å². The van der Waals surface area contributed by atoms with Gasteiger partial charge in [0, 0.05) is 23.0 Å². The van der Waals surface area contributed by atoms with Crippen molar-refractivity contribution in [2.24, 2.45) is 0 Å². The molecule has 0 saturated heterocycles. The second-order valence-corrected chi connectivity index (χ2v) is 5.45. The normalized spacial score (nSPS) is 21.6. The molecule has 1 aromatic heterocycles. The minimum absolute atomic E-state index is 0.156. The minimum atomic E-state index is -0.941. The summed E-state index contributed by atoms with van der Waals surface area (Å²) in [6.07, 6.45) is 5.19. The van der Waals surface area contributed by atoms with Gasteiger partial charge in [-0.2, -0.15) is 0 Å². The van der Waals surface area contributed by atoms with Gasteiger partial charge in [-0.25, -0.2) is 0 Å². The Hall–Kier alpha value is -0.710. The van der Waals surface area contributed by atoms with Gasteiger partial charge >= 0.3 is 0 Å². The number of rotatable bonds is 3. The van der Waals surface area contributed by atoms with Gasteiger partial charge in [0.1, 0.15) is 5.25 Å². The summed E-state index contributed by atoms with van der Waals surface area (Å²) in [7, 11) is -0.941. The summed E-state index contributed by atoms with van der Waals surface area (Å²) in [5, 5.41) is 7.76. The van der Waals surface area contributed by atoms with Crippen LogP contribution in [0.2, 0.25) is 0 Å². The molecule has 0 spiro atoms. The fourth-order valence-electron chi connectivity index (χ4n) is 1.37. The van der Waals surface area contributed by atoms with E-state index in [1.54, 1.807) is 6.26 Å². The fourth-order valence-corrected chi connectivity index (χ4v) is 1.75. The van der Waals surface area contributed by atoms with Crippen LogP contribution in [0.25, 0.3) is 0 Å². The van der Waals surface area contributed by atoms with E-state index in [0.29, 0.717) is 11.8 Å². The summed E-state index contributed by atoms with van der Waals surface area (Å²) in [6.45, 7) is 1.84. The molecule has 4 nitrogen and oxygen atoms in total. The Morgan fingerprint density at radius 3 is 2.71 bits per heavy atom. The molecule has 0 radical (unpaired) electrons. The Bertz CT molecular complexity index is 346. The van der Waals surface area contributed by atoms with Crippen LogP contribution >= 0.6 is 0 Å². The average Bonchev–Trinajstić information content (AvgIpc) is 2.48. The Morgan fingerprint density at radius 2 is 2.21 bits per heavy atom. The number of aromatic nitrogens is 2. The second-order valence-electron chi connectivity index (χ2n) is 3.75. The Kier molecular flexibility index (Phi) is 2.67. The first-order valence-electron chi connectivity index (χ1n) is 4.84. The first-order chi connectivity index (χ1) is 6.68. The van der Waals surface area contributed by atoms with Crippen molar-refractivity contribution in [2.75, 3.05) is 6.26 Å². The average molecular weight is 214 g/mol. The number of nitrogens with zero attached hydrogens (tertiary/aromatic N) is 2. The Morgan fingerprint density at radius 1 is 1.50 bits per heavy atom. The van der Waals surface area contributed by atoms with E-state index in [0.717, 1.165) is 18.7 Å². The van der Waals surface area contributed by atoms with Crippen molar-refractivity contribution in [2.45, 2.75) is 37.4 Å². The predicted octanol–water partition coefficient (Wildman–Crippen LogP) is 1.78. The van der Waals surface area contributed by atoms with Crippen molar-refractivity contribution in [3.63, 3.8) is 0 Å². The first-order valence-corrected chi connectivity index (χ1v) is 6.46. The molecule has 5 heteroatoms. The third kappa shape index (κ3) is 1.73. The lowest BCUT2D eigenvalue weighted by molar-refractivity contribution is 0.325. The molecule has 0 aromatic carbocycles. The van der Waals surface area contributed by atoms with Crippen molar-refractivity contribution in [3.8, 4) is 0 Å². The van der Waals surface area contributed by atoms with Crippen LogP contribution in [0.5, 0.6) is 0 Å². The zero-order valence-corrected chi connectivity index (χ0v) is 9.21. The quantitative estimate of drug-likeness (QED) is 0.769. The molecule has 0 N–H and O–H groups in total. The highest BCUT2D eigenvalue weighted by atomic mass is 32.2. The van der Waals surface area contributed by atoms with E-state index in [4.69, 9.17) is 4.42 Å². The maximum Gasteiger partial charge on any atom is 0.231 e. The van der Waals surface area contributed by atoms with Gasteiger partial charge in [0.25, 0.3) is 0 Å². The molecule has 2 atom stereocenters. The van der Waals surface area contributed by atoms with Crippen LogP contribution in [0.3, 0.4) is 0 Å². The first kappa shape index (κ1) is 9.83. The zero-order valence-electron chi connectivity index (χ0n) is 8.40. The molecule has 1 saturated carbocycles. The summed E-state index contributed by atoms with van der Waals surface area (Å²) >= 11 is 0. The van der Waals surface area contributed by atoms with Crippen molar-refractivity contribution in [1.82, 2.24) is 10.2 Å². The van der Waals surface area contributed by atoms with Crippen LogP contribution in [0.15, 0.2) is 4.42 Å². The summed E-state index contributed by atoms with van der Waals surface area (Å²) in [6, 6.07) is 0. The van der Waals surface area contributed by atoms with Crippen molar-refractivity contribution < 1.29 is 8.63 Å². The van der Waals surface area contributed by atoms with Gasteiger partial charge in [-0.1, -0.05) is 6.42 Å². The molecule has 1 heterocycles. The molecule has 1 aromatic rings. The van der Waals surface area contributed by atoms with Gasteiger partial charge in [0.15, 0.2) is 0 Å². The lowest BCUT2D eigenvalue weighted by atomic mass is 9.85.